The van der Waals surface area contributed by atoms with Crippen molar-refractivity contribution in [3.63, 3.8) is 0 Å². The van der Waals surface area contributed by atoms with E-state index < -0.39 is 0 Å². The lowest BCUT2D eigenvalue weighted by Gasteiger charge is -1.94. The molecule has 0 aromatic heterocycles. The zero-order valence-corrected chi connectivity index (χ0v) is 11.4. The molecule has 0 fully saturated rings. The van der Waals surface area contributed by atoms with E-state index in [0.717, 1.165) is 6.21 Å². The van der Waals surface area contributed by atoms with Crippen LogP contribution in [0.15, 0.2) is 30.0 Å². The van der Waals surface area contributed by atoms with E-state index in [1.165, 1.54) is 12.4 Å². The van der Waals surface area contributed by atoms with Gasteiger partial charge in [-0.2, -0.15) is 0 Å². The fourth-order valence-electron chi connectivity index (χ4n) is 0.490. The Hall–Kier alpha value is -0.380. The molecule has 0 aromatic rings. The van der Waals surface area contributed by atoms with E-state index in [1.807, 2.05) is 45.2 Å². The van der Waals surface area contributed by atoms with Crippen molar-refractivity contribution in [1.82, 2.24) is 0 Å². The van der Waals surface area contributed by atoms with Gasteiger partial charge in [-0.3, -0.25) is 15.4 Å². The molecule has 0 aliphatic heterocycles. The van der Waals surface area contributed by atoms with Gasteiger partial charge in [-0.1, -0.05) is 45.2 Å². The number of hydrogen-bond acceptors (Lipinski definition) is 4. The van der Waals surface area contributed by atoms with Gasteiger partial charge in [0.25, 0.3) is 0 Å². The van der Waals surface area contributed by atoms with E-state index in [9.17, 15) is 0 Å². The first kappa shape index (κ1) is 13.6. The zero-order valence-electron chi connectivity index (χ0n) is 7.11. The topological polar surface area (TPSA) is 72.4 Å². The summed E-state index contributed by atoms with van der Waals surface area (Å²) in [6.45, 7) is 0. The molecule has 0 aliphatic rings. The van der Waals surface area contributed by atoms with Crippen LogP contribution in [-0.2, 0) is 0 Å². The van der Waals surface area contributed by atoms with E-state index in [2.05, 4.69) is 9.98 Å². The van der Waals surface area contributed by atoms with E-state index in [1.54, 1.807) is 14.4 Å². The first-order chi connectivity index (χ1) is 6.76. The molecular formula is C8H8I2N4. The Morgan fingerprint density at radius 2 is 2.00 bits per heavy atom. The van der Waals surface area contributed by atoms with Crippen LogP contribution in [0.5, 0.6) is 0 Å². The molecule has 6 heteroatoms. The third-order valence-corrected chi connectivity index (χ3v) is 1.93. The molecule has 0 saturated carbocycles. The predicted octanol–water partition coefficient (Wildman–Crippen LogP) is 2.98. The summed E-state index contributed by atoms with van der Waals surface area (Å²) in [6, 6.07) is 0. The summed E-state index contributed by atoms with van der Waals surface area (Å²) < 4.78 is 3.41. The van der Waals surface area contributed by atoms with Gasteiger partial charge < -0.3 is 5.41 Å². The number of halogens is 2. The molecule has 0 unspecified atom stereocenters. The van der Waals surface area contributed by atoms with Gasteiger partial charge in [0, 0.05) is 22.7 Å². The summed E-state index contributed by atoms with van der Waals surface area (Å²) in [5, 5.41) is 14.3. The molecule has 2 N–H and O–H groups in total. The van der Waals surface area contributed by atoms with E-state index in [0.29, 0.717) is 5.70 Å². The lowest BCUT2D eigenvalue weighted by molar-refractivity contribution is 1.44. The minimum Gasteiger partial charge on any atom is -0.307 e. The fraction of sp³-hybridized carbons (Fsp3) is 0. The zero-order chi connectivity index (χ0) is 10.8. The summed E-state index contributed by atoms with van der Waals surface area (Å²) in [5.74, 6) is 0. The van der Waals surface area contributed by atoms with Crippen molar-refractivity contribution in [3.05, 3.63) is 20.1 Å². The van der Waals surface area contributed by atoms with Crippen LogP contribution in [0.2, 0.25) is 0 Å². The second kappa shape index (κ2) is 9.19. The highest BCUT2D eigenvalue weighted by Crippen LogP contribution is 2.01. The SMILES string of the molecule is N=C/C=N\C(=C/I)C(=N)/C=N\C=C/I. The van der Waals surface area contributed by atoms with Crippen LogP contribution in [0.4, 0.5) is 0 Å². The predicted molar refractivity (Wildman–Crippen MR) is 78.8 cm³/mol. The minimum atomic E-state index is 0.215. The molecule has 14 heavy (non-hydrogen) atoms. The molecule has 0 atom stereocenters. The maximum atomic E-state index is 7.56. The van der Waals surface area contributed by atoms with Crippen molar-refractivity contribution in [2.45, 2.75) is 0 Å². The molecule has 0 radical (unpaired) electrons. The highest BCUT2D eigenvalue weighted by Gasteiger charge is 1.97. The third kappa shape index (κ3) is 6.13. The molecule has 4 nitrogen and oxygen atoms in total. The quantitative estimate of drug-likeness (QED) is 0.513. The van der Waals surface area contributed by atoms with Crippen LogP contribution in [0.1, 0.15) is 0 Å². The van der Waals surface area contributed by atoms with Crippen molar-refractivity contribution in [3.8, 4) is 0 Å². The summed E-state index contributed by atoms with van der Waals surface area (Å²) in [5.41, 5.74) is 0.701. The smallest absolute Gasteiger partial charge is 0.0984 e. The Labute approximate surface area is 110 Å². The second-order valence-corrected chi connectivity index (χ2v) is 3.25. The van der Waals surface area contributed by atoms with Gasteiger partial charge in [0.05, 0.1) is 17.6 Å². The Morgan fingerprint density at radius 3 is 2.50 bits per heavy atom. The van der Waals surface area contributed by atoms with Crippen molar-refractivity contribution in [2.75, 3.05) is 0 Å². The van der Waals surface area contributed by atoms with Gasteiger partial charge >= 0.3 is 0 Å². The molecular weight excluding hydrogens is 406 g/mol. The first-order valence-electron chi connectivity index (χ1n) is 3.47. The second-order valence-electron chi connectivity index (χ2n) is 1.91. The highest BCUT2D eigenvalue weighted by molar-refractivity contribution is 14.1. The van der Waals surface area contributed by atoms with Gasteiger partial charge in [0.2, 0.25) is 0 Å². The summed E-state index contributed by atoms with van der Waals surface area (Å²) in [4.78, 5) is 7.74. The Kier molecular flexibility index (Phi) is 8.94. The fourth-order valence-corrected chi connectivity index (χ4v) is 1.17. The van der Waals surface area contributed by atoms with E-state index >= 15 is 0 Å². The lowest BCUT2D eigenvalue weighted by atomic mass is 10.3. The Morgan fingerprint density at radius 1 is 1.29 bits per heavy atom. The summed E-state index contributed by atoms with van der Waals surface area (Å²) >= 11 is 4.04. The molecule has 0 saturated heterocycles. The van der Waals surface area contributed by atoms with Gasteiger partial charge in [-0.25, -0.2) is 0 Å². The van der Waals surface area contributed by atoms with Gasteiger partial charge in [-0.05, 0) is 4.08 Å². The first-order valence-corrected chi connectivity index (χ1v) is 5.96. The minimum absolute atomic E-state index is 0.215. The number of aliphatic imine (C=N–C) groups is 2. The van der Waals surface area contributed by atoms with Gasteiger partial charge in [0.15, 0.2) is 0 Å². The van der Waals surface area contributed by atoms with Crippen molar-refractivity contribution in [2.24, 2.45) is 9.98 Å². The number of nitrogens with zero attached hydrogens (tertiary/aromatic N) is 2. The molecule has 0 amide bonds. The van der Waals surface area contributed by atoms with Crippen LogP contribution in [0, 0.1) is 10.8 Å². The number of hydrogen-bond donors (Lipinski definition) is 2. The average Bonchev–Trinajstić information content (AvgIpc) is 2.19. The normalized spacial score (nSPS) is 13.1. The van der Waals surface area contributed by atoms with Crippen LogP contribution in [-0.4, -0.2) is 24.4 Å². The largest absolute Gasteiger partial charge is 0.307 e. The van der Waals surface area contributed by atoms with Crippen LogP contribution < -0.4 is 0 Å². The van der Waals surface area contributed by atoms with E-state index in [-0.39, 0.29) is 5.71 Å². The Bertz CT molecular complexity index is 315. The molecule has 74 valence electrons. The van der Waals surface area contributed by atoms with Crippen LogP contribution in [0.25, 0.3) is 0 Å². The molecule has 0 heterocycles. The molecule has 0 bridgehead atoms. The van der Waals surface area contributed by atoms with Gasteiger partial charge in [0.1, 0.15) is 0 Å². The maximum Gasteiger partial charge on any atom is 0.0984 e. The standard InChI is InChI=1S/C8H8I2N4/c9-1-3-13-6-7(12)8(5-10)14-4-2-11/h1-6,11-12H/b3-1-,8-5-,11-2?,12-7?,13-6-,14-4-. The third-order valence-electron chi connectivity index (χ3n) is 1.01. The van der Waals surface area contributed by atoms with Gasteiger partial charge in [-0.15, -0.1) is 0 Å². The molecule has 0 rings (SSSR count). The molecule has 0 spiro atoms. The van der Waals surface area contributed by atoms with Crippen molar-refractivity contribution >= 4 is 69.5 Å². The van der Waals surface area contributed by atoms with Crippen molar-refractivity contribution < 1.29 is 0 Å². The highest BCUT2D eigenvalue weighted by atomic mass is 127. The average molecular weight is 414 g/mol. The van der Waals surface area contributed by atoms with Crippen LogP contribution in [0.3, 0.4) is 0 Å². The van der Waals surface area contributed by atoms with E-state index in [4.69, 9.17) is 10.8 Å². The molecule has 0 aliphatic carbocycles. The number of nitrogens with one attached hydrogen (secondary N) is 2. The Balaban J connectivity index is 4.49. The van der Waals surface area contributed by atoms with Crippen LogP contribution >= 0.6 is 45.2 Å². The van der Waals surface area contributed by atoms with Crippen molar-refractivity contribution in [1.29, 1.82) is 10.8 Å². The molecule has 0 aromatic carbocycles. The number of rotatable bonds is 5. The number of allylic oxidation sites excluding steroid dienone is 1. The maximum absolute atomic E-state index is 7.56. The lowest BCUT2D eigenvalue weighted by Crippen LogP contribution is -2.00. The summed E-state index contributed by atoms with van der Waals surface area (Å²) in [7, 11) is 0. The monoisotopic (exact) mass is 414 g/mol. The summed E-state index contributed by atoms with van der Waals surface area (Å²) in [6.07, 6.45) is 5.37.